The van der Waals surface area contributed by atoms with E-state index in [1.54, 1.807) is 13.1 Å². The number of nitrogens with one attached hydrogen (secondary N) is 2. The van der Waals surface area contributed by atoms with E-state index < -0.39 is 0 Å². The predicted octanol–water partition coefficient (Wildman–Crippen LogP) is 3.52. The van der Waals surface area contributed by atoms with Gasteiger partial charge in [-0.15, -0.1) is 0 Å². The van der Waals surface area contributed by atoms with Crippen molar-refractivity contribution in [3.05, 3.63) is 46.2 Å². The van der Waals surface area contributed by atoms with Gasteiger partial charge in [-0.1, -0.05) is 24.6 Å². The molecule has 1 aromatic carbocycles. The smallest absolute Gasteiger partial charge is 0.260 e. The molecule has 1 amide bonds. The van der Waals surface area contributed by atoms with E-state index in [0.29, 0.717) is 41.0 Å². The van der Waals surface area contributed by atoms with Crippen molar-refractivity contribution in [1.82, 2.24) is 15.3 Å². The van der Waals surface area contributed by atoms with Crippen LogP contribution in [0.4, 0.5) is 11.6 Å². The molecule has 7 nitrogen and oxygen atoms in total. The highest BCUT2D eigenvalue weighted by Crippen LogP contribution is 2.25. The van der Waals surface area contributed by atoms with Crippen LogP contribution in [0.25, 0.3) is 0 Å². The molecule has 0 saturated heterocycles. The van der Waals surface area contributed by atoms with Gasteiger partial charge in [-0.2, -0.15) is 5.10 Å². The van der Waals surface area contributed by atoms with Gasteiger partial charge in [0, 0.05) is 30.7 Å². The van der Waals surface area contributed by atoms with Gasteiger partial charge in [0.05, 0.1) is 16.9 Å². The molecule has 2 heterocycles. The average molecular weight is 387 g/mol. The van der Waals surface area contributed by atoms with Crippen LogP contribution in [0.15, 0.2) is 29.5 Å². The SMILES string of the molecule is CCCNc1ncc(C(=O)NC2=NN(c3ccc(C)c(Cl)c3)CC2)c(C)n1. The van der Waals surface area contributed by atoms with Crippen LogP contribution < -0.4 is 15.6 Å². The van der Waals surface area contributed by atoms with Crippen LogP contribution in [-0.2, 0) is 0 Å². The quantitative estimate of drug-likeness (QED) is 0.821. The number of rotatable bonds is 5. The third kappa shape index (κ3) is 4.54. The number of halogens is 1. The lowest BCUT2D eigenvalue weighted by Gasteiger charge is -2.14. The molecule has 0 saturated carbocycles. The summed E-state index contributed by atoms with van der Waals surface area (Å²) >= 11 is 6.19. The van der Waals surface area contributed by atoms with Crippen LogP contribution in [-0.4, -0.2) is 34.8 Å². The van der Waals surface area contributed by atoms with Gasteiger partial charge in [0.1, 0.15) is 5.84 Å². The second kappa shape index (κ2) is 8.35. The Morgan fingerprint density at radius 1 is 1.33 bits per heavy atom. The zero-order valence-corrected chi connectivity index (χ0v) is 16.5. The normalized spacial score (nSPS) is 13.5. The number of aromatic nitrogens is 2. The molecule has 3 rings (SSSR count). The number of carbonyl (C=O) groups is 1. The van der Waals surface area contributed by atoms with Crippen LogP contribution in [0.3, 0.4) is 0 Å². The molecule has 0 radical (unpaired) electrons. The number of benzene rings is 1. The zero-order valence-electron chi connectivity index (χ0n) is 15.7. The fraction of sp³-hybridized carbons (Fsp3) is 0.368. The number of nitrogens with zero attached hydrogens (tertiary/aromatic N) is 4. The third-order valence-electron chi connectivity index (χ3n) is 4.27. The molecule has 0 spiro atoms. The van der Waals surface area contributed by atoms with Crippen molar-refractivity contribution < 1.29 is 4.79 Å². The lowest BCUT2D eigenvalue weighted by Crippen LogP contribution is -2.30. The largest absolute Gasteiger partial charge is 0.354 e. The fourth-order valence-corrected chi connectivity index (χ4v) is 2.86. The Kier molecular flexibility index (Phi) is 5.91. The minimum atomic E-state index is -0.253. The van der Waals surface area contributed by atoms with Crippen LogP contribution in [0.2, 0.25) is 5.02 Å². The van der Waals surface area contributed by atoms with E-state index in [4.69, 9.17) is 11.6 Å². The number of amides is 1. The lowest BCUT2D eigenvalue weighted by molar-refractivity contribution is 0.0975. The summed E-state index contributed by atoms with van der Waals surface area (Å²) in [6.07, 6.45) is 3.17. The molecule has 1 aliphatic rings. The Morgan fingerprint density at radius 3 is 2.85 bits per heavy atom. The Morgan fingerprint density at radius 2 is 2.15 bits per heavy atom. The summed E-state index contributed by atoms with van der Waals surface area (Å²) in [6, 6.07) is 5.80. The van der Waals surface area contributed by atoms with Gasteiger partial charge in [0.15, 0.2) is 0 Å². The summed E-state index contributed by atoms with van der Waals surface area (Å²) in [7, 11) is 0. The molecule has 2 aromatic rings. The summed E-state index contributed by atoms with van der Waals surface area (Å²) in [6.45, 7) is 7.30. The number of hydrogen-bond acceptors (Lipinski definition) is 6. The maximum Gasteiger partial charge on any atom is 0.260 e. The summed E-state index contributed by atoms with van der Waals surface area (Å²) in [5.74, 6) is 0.896. The number of hydrazone groups is 1. The van der Waals surface area contributed by atoms with E-state index >= 15 is 0 Å². The van der Waals surface area contributed by atoms with Gasteiger partial charge in [-0.05, 0) is 38.0 Å². The monoisotopic (exact) mass is 386 g/mol. The summed E-state index contributed by atoms with van der Waals surface area (Å²) < 4.78 is 0. The van der Waals surface area contributed by atoms with Gasteiger partial charge in [-0.25, -0.2) is 9.97 Å². The van der Waals surface area contributed by atoms with E-state index in [9.17, 15) is 4.79 Å². The molecule has 1 aliphatic heterocycles. The first kappa shape index (κ1) is 19.1. The average Bonchev–Trinajstić information content (AvgIpc) is 3.10. The number of hydrogen-bond donors (Lipinski definition) is 2. The maximum absolute atomic E-state index is 12.6. The van der Waals surface area contributed by atoms with Crippen molar-refractivity contribution in [2.24, 2.45) is 5.10 Å². The fourth-order valence-electron chi connectivity index (χ4n) is 2.68. The van der Waals surface area contributed by atoms with Gasteiger partial charge in [0.2, 0.25) is 5.95 Å². The molecule has 2 N–H and O–H groups in total. The Labute approximate surface area is 163 Å². The minimum Gasteiger partial charge on any atom is -0.354 e. The Hall–Kier alpha value is -2.67. The first-order chi connectivity index (χ1) is 13.0. The van der Waals surface area contributed by atoms with Gasteiger partial charge < -0.3 is 10.6 Å². The molecule has 0 atom stereocenters. The highest BCUT2D eigenvalue weighted by atomic mass is 35.5. The van der Waals surface area contributed by atoms with E-state index in [0.717, 1.165) is 24.2 Å². The van der Waals surface area contributed by atoms with Gasteiger partial charge >= 0.3 is 0 Å². The number of amidine groups is 1. The van der Waals surface area contributed by atoms with Crippen molar-refractivity contribution in [2.45, 2.75) is 33.6 Å². The standard InChI is InChI=1S/C19H23ClN6O/c1-4-8-21-19-22-11-15(13(3)23-19)18(27)24-17-7-9-26(25-17)14-6-5-12(2)16(20)10-14/h5-6,10-11H,4,7-9H2,1-3H3,(H,21,22,23)(H,24,25,27). The molecule has 8 heteroatoms. The number of aryl methyl sites for hydroxylation is 2. The van der Waals surface area contributed by atoms with E-state index in [2.05, 4.69) is 32.6 Å². The molecule has 0 aliphatic carbocycles. The summed E-state index contributed by atoms with van der Waals surface area (Å²) in [5, 5.41) is 13.0. The second-order valence-electron chi connectivity index (χ2n) is 6.43. The highest BCUT2D eigenvalue weighted by Gasteiger charge is 2.20. The molecule has 142 valence electrons. The first-order valence-corrected chi connectivity index (χ1v) is 9.35. The molecule has 27 heavy (non-hydrogen) atoms. The van der Waals surface area contributed by atoms with Crippen molar-refractivity contribution in [3.63, 3.8) is 0 Å². The Bertz CT molecular complexity index is 882. The minimum absolute atomic E-state index is 0.253. The van der Waals surface area contributed by atoms with Crippen molar-refractivity contribution in [1.29, 1.82) is 0 Å². The Balaban J connectivity index is 1.68. The van der Waals surface area contributed by atoms with E-state index in [1.807, 2.05) is 30.1 Å². The van der Waals surface area contributed by atoms with Crippen molar-refractivity contribution in [2.75, 3.05) is 23.4 Å². The molecular weight excluding hydrogens is 364 g/mol. The van der Waals surface area contributed by atoms with Crippen molar-refractivity contribution in [3.8, 4) is 0 Å². The third-order valence-corrected chi connectivity index (χ3v) is 4.68. The van der Waals surface area contributed by atoms with E-state index in [-0.39, 0.29) is 5.91 Å². The predicted molar refractivity (Wildman–Crippen MR) is 109 cm³/mol. The highest BCUT2D eigenvalue weighted by molar-refractivity contribution is 6.31. The summed E-state index contributed by atoms with van der Waals surface area (Å²) in [5.41, 5.74) is 2.99. The van der Waals surface area contributed by atoms with Crippen LogP contribution in [0.1, 0.15) is 41.4 Å². The van der Waals surface area contributed by atoms with Gasteiger partial charge in [0.25, 0.3) is 5.91 Å². The van der Waals surface area contributed by atoms with Crippen LogP contribution >= 0.6 is 11.6 Å². The summed E-state index contributed by atoms with van der Waals surface area (Å²) in [4.78, 5) is 21.1. The molecule has 0 bridgehead atoms. The first-order valence-electron chi connectivity index (χ1n) is 8.98. The molecule has 1 aromatic heterocycles. The van der Waals surface area contributed by atoms with Crippen LogP contribution in [0.5, 0.6) is 0 Å². The topological polar surface area (TPSA) is 82.5 Å². The lowest BCUT2D eigenvalue weighted by atomic mass is 10.2. The van der Waals surface area contributed by atoms with Gasteiger partial charge in [-0.3, -0.25) is 9.80 Å². The maximum atomic E-state index is 12.6. The number of anilines is 2. The second-order valence-corrected chi connectivity index (χ2v) is 6.83. The molecule has 0 unspecified atom stereocenters. The van der Waals surface area contributed by atoms with E-state index in [1.165, 1.54) is 0 Å². The van der Waals surface area contributed by atoms with Crippen LogP contribution in [0, 0.1) is 13.8 Å². The molecule has 0 fully saturated rings. The zero-order chi connectivity index (χ0) is 19.4. The molecular formula is C19H23ClN6O. The number of carbonyl (C=O) groups excluding carboxylic acids is 1. The van der Waals surface area contributed by atoms with Crippen molar-refractivity contribution >= 4 is 35.0 Å².